The molecule has 3 amide bonds. The number of amides is 3. The van der Waals surface area contributed by atoms with Gasteiger partial charge in [0.05, 0.1) is 4.91 Å². The van der Waals surface area contributed by atoms with Gasteiger partial charge in [-0.1, -0.05) is 24.6 Å². The van der Waals surface area contributed by atoms with E-state index < -0.39 is 17.1 Å². The number of halogens is 1. The molecule has 6 nitrogen and oxygen atoms in total. The van der Waals surface area contributed by atoms with E-state index in [9.17, 15) is 14.4 Å². The Bertz CT molecular complexity index is 1160. The number of anilines is 2. The molecule has 0 radical (unpaired) electrons. The van der Waals surface area contributed by atoms with Crippen molar-refractivity contribution in [2.75, 3.05) is 23.8 Å². The van der Waals surface area contributed by atoms with Gasteiger partial charge in [-0.3, -0.25) is 19.3 Å². The van der Waals surface area contributed by atoms with Gasteiger partial charge in [-0.15, -0.1) is 0 Å². The Morgan fingerprint density at radius 2 is 1.91 bits per heavy atom. The van der Waals surface area contributed by atoms with Crippen molar-refractivity contribution in [3.8, 4) is 0 Å². The van der Waals surface area contributed by atoms with E-state index in [0.29, 0.717) is 21.5 Å². The van der Waals surface area contributed by atoms with Crippen molar-refractivity contribution in [3.63, 3.8) is 0 Å². The smallest absolute Gasteiger partial charge is 0.294 e. The molecule has 2 aromatic carbocycles. The molecule has 1 fully saturated rings. The number of hydrogen-bond donors (Lipinski definition) is 1. The number of thioether (sulfide) groups is 1. The van der Waals surface area contributed by atoms with Gasteiger partial charge in [-0.05, 0) is 91.5 Å². The standard InChI is InChI=1S/C25H26ClN3O3S/c1-15-13-25(2,3)28(4)20-10-5-16(11-19(15)20)12-21-23(31)29(24(32)33-21)14-22(30)27-18-8-6-17(26)7-9-18/h5-12,15H,13-14H2,1-4H3,(H,27,30)/b21-12+. The summed E-state index contributed by atoms with van der Waals surface area (Å²) >= 11 is 6.71. The Labute approximate surface area is 203 Å². The molecular weight excluding hydrogens is 458 g/mol. The van der Waals surface area contributed by atoms with Crippen LogP contribution < -0.4 is 10.2 Å². The second-order valence-corrected chi connectivity index (χ2v) is 10.5. The maximum atomic E-state index is 12.9. The summed E-state index contributed by atoms with van der Waals surface area (Å²) in [5.74, 6) is -0.527. The number of imide groups is 1. The predicted octanol–water partition coefficient (Wildman–Crippen LogP) is 5.74. The van der Waals surface area contributed by atoms with Crippen LogP contribution in [-0.4, -0.2) is 41.1 Å². The van der Waals surface area contributed by atoms with Gasteiger partial charge < -0.3 is 10.2 Å². The van der Waals surface area contributed by atoms with Crippen LogP contribution in [0, 0.1) is 0 Å². The highest BCUT2D eigenvalue weighted by atomic mass is 35.5. The van der Waals surface area contributed by atoms with Crippen LogP contribution in [0.15, 0.2) is 47.4 Å². The molecule has 172 valence electrons. The first kappa shape index (κ1) is 23.4. The summed E-state index contributed by atoms with van der Waals surface area (Å²) in [6.07, 6.45) is 2.76. The molecule has 33 heavy (non-hydrogen) atoms. The van der Waals surface area contributed by atoms with Crippen LogP contribution in [0.4, 0.5) is 16.2 Å². The topological polar surface area (TPSA) is 69.7 Å². The SMILES string of the molecule is CC1CC(C)(C)N(C)c2ccc(/C=C3/SC(=O)N(CC(=O)Nc4ccc(Cl)cc4)C3=O)cc21. The van der Waals surface area contributed by atoms with Crippen molar-refractivity contribution >= 4 is 57.9 Å². The van der Waals surface area contributed by atoms with Gasteiger partial charge in [0.1, 0.15) is 6.54 Å². The quantitative estimate of drug-likeness (QED) is 0.562. The maximum Gasteiger partial charge on any atom is 0.294 e. The van der Waals surface area contributed by atoms with Crippen molar-refractivity contribution in [2.45, 2.75) is 38.6 Å². The largest absolute Gasteiger partial charge is 0.369 e. The molecule has 0 aromatic heterocycles. The minimum absolute atomic E-state index is 0.0726. The molecule has 1 atom stereocenters. The lowest BCUT2D eigenvalue weighted by molar-refractivity contribution is -0.127. The third-order valence-corrected chi connectivity index (χ3v) is 7.42. The number of carbonyl (C=O) groups is 3. The molecule has 0 aliphatic carbocycles. The van der Waals surface area contributed by atoms with Gasteiger partial charge in [0.15, 0.2) is 0 Å². The highest BCUT2D eigenvalue weighted by Gasteiger charge is 2.37. The Kier molecular flexibility index (Phi) is 6.29. The number of fused-ring (bicyclic) bond motifs is 1. The van der Waals surface area contributed by atoms with Gasteiger partial charge in [-0.25, -0.2) is 0 Å². The summed E-state index contributed by atoms with van der Waals surface area (Å²) < 4.78 is 0. The Morgan fingerprint density at radius 3 is 2.61 bits per heavy atom. The average Bonchev–Trinajstić information content (AvgIpc) is 3.01. The highest BCUT2D eigenvalue weighted by Crippen LogP contribution is 2.43. The van der Waals surface area contributed by atoms with Crippen LogP contribution in [0.2, 0.25) is 5.02 Å². The van der Waals surface area contributed by atoms with E-state index >= 15 is 0 Å². The van der Waals surface area contributed by atoms with Crippen LogP contribution in [0.25, 0.3) is 6.08 Å². The average molecular weight is 484 g/mol. The number of carbonyl (C=O) groups excluding carboxylic acids is 3. The Hall–Kier alpha value is -2.77. The zero-order valence-corrected chi connectivity index (χ0v) is 20.6. The van der Waals surface area contributed by atoms with E-state index in [1.54, 1.807) is 30.3 Å². The Morgan fingerprint density at radius 1 is 1.21 bits per heavy atom. The van der Waals surface area contributed by atoms with Gasteiger partial charge in [0.25, 0.3) is 11.1 Å². The third kappa shape index (κ3) is 4.80. The predicted molar refractivity (Wildman–Crippen MR) is 135 cm³/mol. The van der Waals surface area contributed by atoms with Crippen molar-refractivity contribution in [1.29, 1.82) is 0 Å². The normalized spacial score (nSPS) is 20.9. The van der Waals surface area contributed by atoms with E-state index in [4.69, 9.17) is 11.6 Å². The lowest BCUT2D eigenvalue weighted by atomic mass is 9.80. The van der Waals surface area contributed by atoms with Crippen LogP contribution in [0.3, 0.4) is 0 Å². The summed E-state index contributed by atoms with van der Waals surface area (Å²) in [5.41, 5.74) is 3.89. The van der Waals surface area contributed by atoms with E-state index in [1.165, 1.54) is 11.3 Å². The highest BCUT2D eigenvalue weighted by molar-refractivity contribution is 8.18. The zero-order valence-electron chi connectivity index (χ0n) is 19.0. The van der Waals surface area contributed by atoms with Gasteiger partial charge in [0, 0.05) is 29.0 Å². The maximum absolute atomic E-state index is 12.9. The van der Waals surface area contributed by atoms with Crippen LogP contribution >= 0.6 is 23.4 Å². The fraction of sp³-hybridized carbons (Fsp3) is 0.320. The summed E-state index contributed by atoms with van der Waals surface area (Å²) in [7, 11) is 2.10. The first-order chi connectivity index (χ1) is 15.5. The molecule has 4 rings (SSSR count). The van der Waals surface area contributed by atoms with E-state index in [2.05, 4.69) is 50.2 Å². The second kappa shape index (κ2) is 8.88. The molecule has 2 aliphatic rings. The number of hydrogen-bond acceptors (Lipinski definition) is 5. The zero-order chi connectivity index (χ0) is 23.9. The molecule has 2 aromatic rings. The molecule has 1 unspecified atom stereocenters. The minimum atomic E-state index is -0.458. The summed E-state index contributed by atoms with van der Waals surface area (Å²) in [6, 6.07) is 12.7. The number of benzene rings is 2. The molecule has 2 heterocycles. The monoisotopic (exact) mass is 483 g/mol. The van der Waals surface area contributed by atoms with Crippen LogP contribution in [0.5, 0.6) is 0 Å². The van der Waals surface area contributed by atoms with Crippen molar-refractivity contribution in [1.82, 2.24) is 4.90 Å². The lowest BCUT2D eigenvalue weighted by Crippen LogP contribution is -2.45. The number of nitrogens with zero attached hydrogens (tertiary/aromatic N) is 2. The molecule has 2 aliphatic heterocycles. The van der Waals surface area contributed by atoms with Gasteiger partial charge in [0.2, 0.25) is 5.91 Å². The van der Waals surface area contributed by atoms with Crippen molar-refractivity contribution in [3.05, 3.63) is 63.5 Å². The van der Waals surface area contributed by atoms with Crippen LogP contribution in [-0.2, 0) is 9.59 Å². The summed E-state index contributed by atoms with van der Waals surface area (Å²) in [6.45, 7) is 6.34. The molecule has 8 heteroatoms. The minimum Gasteiger partial charge on any atom is -0.369 e. The first-order valence-electron chi connectivity index (χ1n) is 10.7. The van der Waals surface area contributed by atoms with Crippen LogP contribution in [0.1, 0.15) is 44.2 Å². The fourth-order valence-corrected chi connectivity index (χ4v) is 5.31. The van der Waals surface area contributed by atoms with E-state index in [-0.39, 0.29) is 12.1 Å². The summed E-state index contributed by atoms with van der Waals surface area (Å²) in [4.78, 5) is 41.2. The molecule has 0 bridgehead atoms. The molecule has 0 spiro atoms. The van der Waals surface area contributed by atoms with Gasteiger partial charge in [-0.2, -0.15) is 0 Å². The Balaban J connectivity index is 1.49. The number of rotatable bonds is 4. The molecular formula is C25H26ClN3O3S. The fourth-order valence-electron chi connectivity index (χ4n) is 4.35. The third-order valence-electron chi connectivity index (χ3n) is 6.26. The first-order valence-corrected chi connectivity index (χ1v) is 11.9. The lowest BCUT2D eigenvalue weighted by Gasteiger charge is -2.45. The molecule has 1 saturated heterocycles. The molecule has 1 N–H and O–H groups in total. The van der Waals surface area contributed by atoms with Crippen molar-refractivity contribution < 1.29 is 14.4 Å². The second-order valence-electron chi connectivity index (χ2n) is 9.12. The summed E-state index contributed by atoms with van der Waals surface area (Å²) in [5, 5.41) is 2.77. The van der Waals surface area contributed by atoms with Crippen molar-refractivity contribution in [2.24, 2.45) is 0 Å². The van der Waals surface area contributed by atoms with E-state index in [1.807, 2.05) is 6.07 Å². The number of nitrogens with one attached hydrogen (secondary N) is 1. The molecule has 0 saturated carbocycles. The van der Waals surface area contributed by atoms with Gasteiger partial charge >= 0.3 is 0 Å². The van der Waals surface area contributed by atoms with E-state index in [0.717, 1.165) is 28.6 Å².